The lowest BCUT2D eigenvalue weighted by Crippen LogP contribution is -2.58. The van der Waals surface area contributed by atoms with Crippen LogP contribution in [0.1, 0.15) is 91.9 Å². The molecule has 4 aliphatic carbocycles. The maximum absolute atomic E-state index is 11.9. The van der Waals surface area contributed by atoms with Crippen molar-refractivity contribution in [3.05, 3.63) is 23.2 Å². The topological polar surface area (TPSA) is 71.1 Å². The second-order valence-corrected chi connectivity index (χ2v) is 12.4. The molecule has 4 saturated carbocycles. The molecule has 34 heavy (non-hydrogen) atoms. The number of hydrogen-bond acceptors (Lipinski definition) is 4. The summed E-state index contributed by atoms with van der Waals surface area (Å²) in [5.74, 6) is 2.63. The van der Waals surface area contributed by atoms with E-state index in [2.05, 4.69) is 25.6 Å². The Labute approximate surface area is 206 Å². The number of fused-ring (bicyclic) bond motifs is 5. The lowest BCUT2D eigenvalue weighted by molar-refractivity contribution is -0.174. The number of nitrogens with zero attached hydrogens (tertiary/aromatic N) is 1. The van der Waals surface area contributed by atoms with Gasteiger partial charge in [0.15, 0.2) is 0 Å². The summed E-state index contributed by atoms with van der Waals surface area (Å²) in [5, 5.41) is 21.7. The summed E-state index contributed by atoms with van der Waals surface area (Å²) in [4.78, 5) is 15.3. The van der Waals surface area contributed by atoms with Crippen LogP contribution < -0.4 is 0 Å². The van der Waals surface area contributed by atoms with Crippen LogP contribution in [-0.4, -0.2) is 35.0 Å². The van der Waals surface area contributed by atoms with Crippen molar-refractivity contribution in [3.63, 3.8) is 0 Å². The van der Waals surface area contributed by atoms with Gasteiger partial charge in [0.25, 0.3) is 5.70 Å². The van der Waals surface area contributed by atoms with Crippen molar-refractivity contribution in [2.24, 2.45) is 46.3 Å². The highest BCUT2D eigenvalue weighted by Crippen LogP contribution is 2.68. The molecule has 4 aliphatic rings. The average Bonchev–Trinajstić information content (AvgIpc) is 3.15. The van der Waals surface area contributed by atoms with Crippen LogP contribution >= 0.6 is 0 Å². The van der Waals surface area contributed by atoms with Crippen LogP contribution in [0.2, 0.25) is 0 Å². The highest BCUT2D eigenvalue weighted by molar-refractivity contribution is 5.90. The largest absolute Gasteiger partial charge is 0.471 e. The Morgan fingerprint density at radius 1 is 1.12 bits per heavy atom. The van der Waals surface area contributed by atoms with E-state index in [0.717, 1.165) is 38.5 Å². The zero-order valence-electron chi connectivity index (χ0n) is 21.6. The fraction of sp³-hybridized carbons (Fsp3) is 0.862. The molecule has 5 nitrogen and oxygen atoms in total. The zero-order valence-corrected chi connectivity index (χ0v) is 21.6. The Kier molecular flexibility index (Phi) is 7.51. The maximum Gasteiger partial charge on any atom is 0.335 e. The second kappa shape index (κ2) is 9.94. The molecule has 5 heteroatoms. The third-order valence-electron chi connectivity index (χ3n) is 11.0. The molecule has 0 radical (unpaired) electrons. The van der Waals surface area contributed by atoms with Gasteiger partial charge >= 0.3 is 5.97 Å². The first-order chi connectivity index (χ1) is 16.2. The van der Waals surface area contributed by atoms with E-state index in [9.17, 15) is 15.0 Å². The van der Waals surface area contributed by atoms with Gasteiger partial charge < -0.3 is 14.9 Å². The first kappa shape index (κ1) is 25.7. The summed E-state index contributed by atoms with van der Waals surface area (Å²) in [6, 6.07) is 0. The summed E-state index contributed by atoms with van der Waals surface area (Å²) in [7, 11) is 0. The summed E-state index contributed by atoms with van der Waals surface area (Å²) >= 11 is 0. The number of hydrogen-bond donors (Lipinski definition) is 2. The van der Waals surface area contributed by atoms with Crippen LogP contribution in [0.4, 0.5) is 0 Å². The first-order valence-corrected chi connectivity index (χ1v) is 13.8. The third-order valence-corrected chi connectivity index (χ3v) is 11.0. The Morgan fingerprint density at radius 2 is 1.82 bits per heavy atom. The Bertz CT molecular complexity index is 832. The highest BCUT2D eigenvalue weighted by atomic mass is 16.5. The minimum absolute atomic E-state index is 0.107. The van der Waals surface area contributed by atoms with Crippen LogP contribution in [0, 0.1) is 52.9 Å². The van der Waals surface area contributed by atoms with Crippen molar-refractivity contribution in [1.82, 2.24) is 0 Å². The van der Waals surface area contributed by atoms with Gasteiger partial charge in [-0.15, -0.1) is 0 Å². The van der Waals surface area contributed by atoms with Crippen molar-refractivity contribution in [2.75, 3.05) is 6.61 Å². The Morgan fingerprint density at radius 3 is 2.53 bits per heavy atom. The number of carbonyl (C=O) groups excluding carboxylic acids is 1. The number of aliphatic hydroxyl groups is 2. The fourth-order valence-corrected chi connectivity index (χ4v) is 9.24. The molecule has 0 aromatic rings. The quantitative estimate of drug-likeness (QED) is 0.293. The van der Waals surface area contributed by atoms with Crippen molar-refractivity contribution in [2.45, 2.75) is 104 Å². The highest BCUT2D eigenvalue weighted by Gasteiger charge is 2.62. The van der Waals surface area contributed by atoms with E-state index in [1.165, 1.54) is 25.7 Å². The molecule has 0 spiro atoms. The summed E-state index contributed by atoms with van der Waals surface area (Å²) in [5.41, 5.74) is 0.630. The van der Waals surface area contributed by atoms with Gasteiger partial charge in [-0.05, 0) is 117 Å². The minimum atomic E-state index is -0.510. The smallest absolute Gasteiger partial charge is 0.335 e. The molecule has 4 rings (SSSR count). The van der Waals surface area contributed by atoms with Crippen LogP contribution in [0.25, 0.3) is 4.85 Å². The van der Waals surface area contributed by atoms with Crippen molar-refractivity contribution in [3.8, 4) is 0 Å². The summed E-state index contributed by atoms with van der Waals surface area (Å²) < 4.78 is 4.99. The molecule has 2 N–H and O–H groups in total. The van der Waals surface area contributed by atoms with Gasteiger partial charge in [-0.1, -0.05) is 26.8 Å². The Hall–Kier alpha value is -1.38. The van der Waals surface area contributed by atoms with Gasteiger partial charge in [0.2, 0.25) is 0 Å². The first-order valence-electron chi connectivity index (χ1n) is 13.8. The maximum atomic E-state index is 11.9. The Balaban J connectivity index is 1.45. The third kappa shape index (κ3) is 4.35. The van der Waals surface area contributed by atoms with E-state index in [0.29, 0.717) is 35.5 Å². The van der Waals surface area contributed by atoms with Crippen molar-refractivity contribution < 1.29 is 19.7 Å². The average molecular weight is 472 g/mol. The molecule has 0 aromatic heterocycles. The number of esters is 1. The number of carbonyl (C=O) groups is 1. The monoisotopic (exact) mass is 471 g/mol. The molecule has 0 unspecified atom stereocenters. The standard InChI is InChI=1S/C29H45NO4/c1-6-34-27(33)24(30-5)9-7-8-18(2)21-10-11-22-26-23(13-15-29(21,22)4)28(3)14-12-20(31)16-19(28)17-25(26)32/h9,18-23,25-26,31-32H,6-8,10-17H2,1-4H3/b24-9-/t18-,19+,20-,21-,22+,23+,25-,26+,28+,29-/m1/s1. The molecular formula is C29H45NO4. The summed E-state index contributed by atoms with van der Waals surface area (Å²) in [6.45, 7) is 16.6. The predicted molar refractivity (Wildman–Crippen MR) is 132 cm³/mol. The van der Waals surface area contributed by atoms with Gasteiger partial charge in [-0.2, -0.15) is 0 Å². The van der Waals surface area contributed by atoms with E-state index in [-0.39, 0.29) is 35.3 Å². The molecule has 0 heterocycles. The second-order valence-electron chi connectivity index (χ2n) is 12.4. The fourth-order valence-electron chi connectivity index (χ4n) is 9.24. The van der Waals surface area contributed by atoms with Crippen LogP contribution in [0.5, 0.6) is 0 Å². The van der Waals surface area contributed by atoms with Crippen molar-refractivity contribution in [1.29, 1.82) is 0 Å². The predicted octanol–water partition coefficient (Wildman–Crippen LogP) is 5.76. The van der Waals surface area contributed by atoms with Gasteiger partial charge in [-0.25, -0.2) is 4.85 Å². The minimum Gasteiger partial charge on any atom is -0.471 e. The van der Waals surface area contributed by atoms with E-state index in [4.69, 9.17) is 11.3 Å². The molecule has 10 atom stereocenters. The molecule has 0 aliphatic heterocycles. The molecule has 0 bridgehead atoms. The SMILES string of the molecule is [C-]#[N+]/C(=C\CC[C@@H](C)[C@H]1CC[C@H]2[C@@H]3[C@H](O)C[C@@H]4C[C@H](O)CC[C@]4(C)[C@H]3CC[C@]12C)C(=O)OCC. The lowest BCUT2D eigenvalue weighted by Gasteiger charge is -2.62. The van der Waals surface area contributed by atoms with Crippen molar-refractivity contribution >= 4 is 5.97 Å². The molecule has 0 amide bonds. The van der Waals surface area contributed by atoms with Gasteiger partial charge in [-0.3, -0.25) is 4.79 Å². The number of rotatable bonds is 6. The van der Waals surface area contributed by atoms with Gasteiger partial charge in [0.1, 0.15) is 0 Å². The van der Waals surface area contributed by atoms with E-state index in [1.54, 1.807) is 13.0 Å². The summed E-state index contributed by atoms with van der Waals surface area (Å²) in [6.07, 6.45) is 11.6. The molecule has 4 fully saturated rings. The molecule has 0 saturated heterocycles. The number of ether oxygens (including phenoxy) is 1. The van der Waals surface area contributed by atoms with Crippen LogP contribution in [-0.2, 0) is 9.53 Å². The van der Waals surface area contributed by atoms with Crippen LogP contribution in [0.3, 0.4) is 0 Å². The zero-order chi connectivity index (χ0) is 24.7. The lowest BCUT2D eigenvalue weighted by atomic mass is 9.43. The normalized spacial score (nSPS) is 44.9. The van der Waals surface area contributed by atoms with Crippen LogP contribution in [0.15, 0.2) is 11.8 Å². The number of aliphatic hydroxyl groups excluding tert-OH is 2. The molecule has 0 aromatic carbocycles. The van der Waals surface area contributed by atoms with E-state index in [1.807, 2.05) is 0 Å². The van der Waals surface area contributed by atoms with E-state index >= 15 is 0 Å². The number of allylic oxidation sites excluding steroid dienone is 1. The molecular weight excluding hydrogens is 426 g/mol. The van der Waals surface area contributed by atoms with Gasteiger partial charge in [0.05, 0.1) is 25.4 Å². The van der Waals surface area contributed by atoms with Gasteiger partial charge in [0, 0.05) is 0 Å². The van der Waals surface area contributed by atoms with E-state index < -0.39 is 5.97 Å². The molecule has 190 valence electrons.